The van der Waals surface area contributed by atoms with Gasteiger partial charge in [0.2, 0.25) is 15.9 Å². The number of likely N-dealkylation sites (N-methyl/N-ethyl adjacent to an activating group) is 1. The maximum atomic E-state index is 12.8. The van der Waals surface area contributed by atoms with Crippen molar-refractivity contribution in [3.05, 3.63) is 66.2 Å². The summed E-state index contributed by atoms with van der Waals surface area (Å²) in [5.74, 6) is -0.312. The highest BCUT2D eigenvalue weighted by Crippen LogP contribution is 2.21. The van der Waals surface area contributed by atoms with Crippen LogP contribution in [0.15, 0.2) is 65.6 Å². The summed E-state index contributed by atoms with van der Waals surface area (Å²) in [6.45, 7) is 2.35. The van der Waals surface area contributed by atoms with Crippen molar-refractivity contribution in [1.29, 1.82) is 0 Å². The Morgan fingerprint density at radius 3 is 2.41 bits per heavy atom. The van der Waals surface area contributed by atoms with Crippen molar-refractivity contribution in [3.63, 3.8) is 0 Å². The molecule has 0 aromatic heterocycles. The molecule has 3 rings (SSSR count). The van der Waals surface area contributed by atoms with E-state index >= 15 is 0 Å². The Hall–Kier alpha value is -2.48. The van der Waals surface area contributed by atoms with Crippen LogP contribution in [0.5, 0.6) is 0 Å². The zero-order valence-corrected chi connectivity index (χ0v) is 16.0. The van der Waals surface area contributed by atoms with E-state index in [0.29, 0.717) is 31.9 Å². The number of rotatable bonds is 5. The molecule has 0 radical (unpaired) electrons. The Morgan fingerprint density at radius 2 is 1.70 bits per heavy atom. The first-order valence-corrected chi connectivity index (χ1v) is 10.2. The van der Waals surface area contributed by atoms with Gasteiger partial charge in [-0.05, 0) is 36.9 Å². The lowest BCUT2D eigenvalue weighted by molar-refractivity contribution is -0.111. The highest BCUT2D eigenvalue weighted by atomic mass is 32.2. The van der Waals surface area contributed by atoms with Crippen LogP contribution in [0, 0.1) is 0 Å². The lowest BCUT2D eigenvalue weighted by Crippen LogP contribution is -2.47. The minimum Gasteiger partial charge on any atom is -0.322 e. The van der Waals surface area contributed by atoms with Crippen LogP contribution in [0.1, 0.15) is 5.56 Å². The molecular formula is C20H23N3O3S. The largest absolute Gasteiger partial charge is 0.322 e. The number of piperazine rings is 1. The first kappa shape index (κ1) is 19.3. The number of nitrogens with one attached hydrogen (secondary N) is 1. The lowest BCUT2D eigenvalue weighted by Gasteiger charge is -2.31. The summed E-state index contributed by atoms with van der Waals surface area (Å²) in [6.07, 6.45) is 3.14. The highest BCUT2D eigenvalue weighted by molar-refractivity contribution is 7.89. The molecule has 0 atom stereocenters. The molecule has 2 aromatic carbocycles. The maximum Gasteiger partial charge on any atom is 0.248 e. The van der Waals surface area contributed by atoms with Crippen molar-refractivity contribution >= 4 is 27.7 Å². The van der Waals surface area contributed by atoms with Crippen LogP contribution in [0.2, 0.25) is 0 Å². The predicted molar refractivity (Wildman–Crippen MR) is 107 cm³/mol. The maximum absolute atomic E-state index is 12.8. The van der Waals surface area contributed by atoms with Crippen LogP contribution in [0.3, 0.4) is 0 Å². The normalized spacial score (nSPS) is 16.5. The molecule has 1 heterocycles. The molecule has 1 amide bonds. The van der Waals surface area contributed by atoms with Crippen LogP contribution in [-0.2, 0) is 14.8 Å². The van der Waals surface area contributed by atoms with Gasteiger partial charge in [0, 0.05) is 37.9 Å². The van der Waals surface area contributed by atoms with Gasteiger partial charge in [-0.15, -0.1) is 0 Å². The fourth-order valence-corrected chi connectivity index (χ4v) is 4.30. The van der Waals surface area contributed by atoms with Gasteiger partial charge in [0.1, 0.15) is 0 Å². The standard InChI is InChI=1S/C20H23N3O3S/c1-22-12-14-23(15-13-22)27(25,26)19-9-5-8-18(16-19)21-20(24)11-10-17-6-3-2-4-7-17/h2-11,16H,12-15H2,1H3,(H,21,24). The number of hydrogen-bond donors (Lipinski definition) is 1. The van der Waals surface area contributed by atoms with Crippen molar-refractivity contribution < 1.29 is 13.2 Å². The second-order valence-corrected chi connectivity index (χ2v) is 8.41. The van der Waals surface area contributed by atoms with Gasteiger partial charge in [-0.3, -0.25) is 4.79 Å². The number of hydrogen-bond acceptors (Lipinski definition) is 4. The monoisotopic (exact) mass is 385 g/mol. The summed E-state index contributed by atoms with van der Waals surface area (Å²) < 4.78 is 27.1. The van der Waals surface area contributed by atoms with E-state index in [9.17, 15) is 13.2 Å². The van der Waals surface area contributed by atoms with E-state index in [2.05, 4.69) is 10.2 Å². The summed E-state index contributed by atoms with van der Waals surface area (Å²) in [6, 6.07) is 15.9. The van der Waals surface area contributed by atoms with Gasteiger partial charge in [-0.25, -0.2) is 8.42 Å². The zero-order chi connectivity index (χ0) is 19.3. The number of carbonyl (C=O) groups is 1. The molecule has 1 fully saturated rings. The Balaban J connectivity index is 1.70. The SMILES string of the molecule is CN1CCN(S(=O)(=O)c2cccc(NC(=O)C=Cc3ccccc3)c2)CC1. The van der Waals surface area contributed by atoms with Gasteiger partial charge in [0.15, 0.2) is 0 Å². The minimum absolute atomic E-state index is 0.192. The third-order valence-corrected chi connectivity index (χ3v) is 6.32. The number of anilines is 1. The predicted octanol–water partition coefficient (Wildman–Crippen LogP) is 2.27. The molecule has 1 aliphatic heterocycles. The van der Waals surface area contributed by atoms with Crippen molar-refractivity contribution in [3.8, 4) is 0 Å². The highest BCUT2D eigenvalue weighted by Gasteiger charge is 2.27. The van der Waals surface area contributed by atoms with Gasteiger partial charge < -0.3 is 10.2 Å². The molecule has 7 heteroatoms. The van der Waals surface area contributed by atoms with E-state index in [1.165, 1.54) is 16.4 Å². The van der Waals surface area contributed by atoms with Gasteiger partial charge in [-0.1, -0.05) is 36.4 Å². The van der Waals surface area contributed by atoms with Crippen molar-refractivity contribution in [2.75, 3.05) is 38.5 Å². The molecule has 142 valence electrons. The molecular weight excluding hydrogens is 362 g/mol. The van der Waals surface area contributed by atoms with E-state index in [4.69, 9.17) is 0 Å². The average molecular weight is 385 g/mol. The van der Waals surface area contributed by atoms with Crippen LogP contribution < -0.4 is 5.32 Å². The molecule has 0 unspecified atom stereocenters. The van der Waals surface area contributed by atoms with E-state index in [1.54, 1.807) is 24.3 Å². The minimum atomic E-state index is -3.56. The molecule has 1 N–H and O–H groups in total. The number of amides is 1. The molecule has 1 aliphatic rings. The summed E-state index contributed by atoms with van der Waals surface area (Å²) >= 11 is 0. The van der Waals surface area contributed by atoms with Crippen LogP contribution in [0.4, 0.5) is 5.69 Å². The first-order chi connectivity index (χ1) is 12.9. The lowest BCUT2D eigenvalue weighted by atomic mass is 10.2. The van der Waals surface area contributed by atoms with E-state index < -0.39 is 10.0 Å². The van der Waals surface area contributed by atoms with Gasteiger partial charge in [-0.2, -0.15) is 4.31 Å². The summed E-state index contributed by atoms with van der Waals surface area (Å²) in [5.41, 5.74) is 1.37. The van der Waals surface area contributed by atoms with Crippen LogP contribution >= 0.6 is 0 Å². The molecule has 0 bridgehead atoms. The third kappa shape index (κ3) is 5.03. The molecule has 0 aliphatic carbocycles. The Morgan fingerprint density at radius 1 is 1.00 bits per heavy atom. The first-order valence-electron chi connectivity index (χ1n) is 8.78. The summed E-state index contributed by atoms with van der Waals surface area (Å²) in [7, 11) is -1.59. The second-order valence-electron chi connectivity index (χ2n) is 6.47. The molecule has 0 spiro atoms. The molecule has 1 saturated heterocycles. The van der Waals surface area contributed by atoms with E-state index in [0.717, 1.165) is 5.56 Å². The number of carbonyl (C=O) groups excluding carboxylic acids is 1. The molecule has 6 nitrogen and oxygen atoms in total. The molecule has 27 heavy (non-hydrogen) atoms. The van der Waals surface area contributed by atoms with E-state index in [1.807, 2.05) is 37.4 Å². The van der Waals surface area contributed by atoms with Crippen LogP contribution in [-0.4, -0.2) is 56.8 Å². The zero-order valence-electron chi connectivity index (χ0n) is 15.2. The van der Waals surface area contributed by atoms with Crippen molar-refractivity contribution in [2.45, 2.75) is 4.90 Å². The average Bonchev–Trinajstić information content (AvgIpc) is 2.68. The van der Waals surface area contributed by atoms with Gasteiger partial charge in [0.25, 0.3) is 0 Å². The molecule has 0 saturated carbocycles. The Labute approximate surface area is 160 Å². The quantitative estimate of drug-likeness (QED) is 0.802. The fourth-order valence-electron chi connectivity index (χ4n) is 2.83. The van der Waals surface area contributed by atoms with Crippen molar-refractivity contribution in [2.24, 2.45) is 0 Å². The smallest absolute Gasteiger partial charge is 0.248 e. The topological polar surface area (TPSA) is 69.7 Å². The number of sulfonamides is 1. The Bertz CT molecular complexity index is 918. The molecule has 2 aromatic rings. The summed E-state index contributed by atoms with van der Waals surface area (Å²) in [5, 5.41) is 2.72. The van der Waals surface area contributed by atoms with Gasteiger partial charge >= 0.3 is 0 Å². The third-order valence-electron chi connectivity index (χ3n) is 4.43. The van der Waals surface area contributed by atoms with Gasteiger partial charge in [0.05, 0.1) is 4.90 Å². The van der Waals surface area contributed by atoms with Crippen molar-refractivity contribution in [1.82, 2.24) is 9.21 Å². The van der Waals surface area contributed by atoms with Crippen LogP contribution in [0.25, 0.3) is 6.08 Å². The number of nitrogens with zero attached hydrogens (tertiary/aromatic N) is 2. The number of benzene rings is 2. The second kappa shape index (κ2) is 8.47. The van der Waals surface area contributed by atoms with E-state index in [-0.39, 0.29) is 10.8 Å². The fraction of sp³-hybridized carbons (Fsp3) is 0.250. The summed E-state index contributed by atoms with van der Waals surface area (Å²) in [4.78, 5) is 14.4. The Kier molecular flexibility index (Phi) is 6.05.